The Kier molecular flexibility index (Phi) is 7.82. The van der Waals surface area contributed by atoms with Gasteiger partial charge in [0, 0.05) is 61.1 Å². The molecule has 3 heterocycles. The fourth-order valence-electron chi connectivity index (χ4n) is 9.44. The second kappa shape index (κ2) is 13.8. The molecule has 12 rings (SSSR count). The number of nitrogens with zero attached hydrogens (tertiary/aromatic N) is 4. The van der Waals surface area contributed by atoms with Crippen LogP contribution < -0.4 is 4.90 Å². The van der Waals surface area contributed by atoms with E-state index in [-0.39, 0.29) is 0 Å². The summed E-state index contributed by atoms with van der Waals surface area (Å²) in [6.45, 7) is 0. The molecule has 282 valence electrons. The minimum atomic E-state index is 1.08. The van der Waals surface area contributed by atoms with Crippen molar-refractivity contribution in [1.82, 2.24) is 13.7 Å². The predicted octanol–water partition coefficient (Wildman–Crippen LogP) is 15.0. The molecule has 4 nitrogen and oxygen atoms in total. The van der Waals surface area contributed by atoms with E-state index in [0.29, 0.717) is 0 Å². The zero-order chi connectivity index (χ0) is 39.6. The summed E-state index contributed by atoms with van der Waals surface area (Å²) in [6, 6.07) is 83.3. The van der Waals surface area contributed by atoms with Gasteiger partial charge in [-0.25, -0.2) is 0 Å². The van der Waals surface area contributed by atoms with Gasteiger partial charge in [0.25, 0.3) is 0 Å². The van der Waals surface area contributed by atoms with Crippen LogP contribution in [0.5, 0.6) is 0 Å². The van der Waals surface area contributed by atoms with Crippen LogP contribution in [0, 0.1) is 0 Å². The number of aromatic nitrogens is 3. The number of benzene rings is 9. The van der Waals surface area contributed by atoms with Crippen molar-refractivity contribution >= 4 is 71.6 Å². The van der Waals surface area contributed by atoms with Crippen LogP contribution in [0.25, 0.3) is 82.8 Å². The largest absolute Gasteiger partial charge is 0.310 e. The first-order valence-electron chi connectivity index (χ1n) is 20.5. The second-order valence-electron chi connectivity index (χ2n) is 15.4. The SMILES string of the molecule is c1ccc(-c2cc3c(ccc4c5ccccc5n(-c5cccc(N(c6ccccc6)c6ccc7c(c6)c6ccccc6n7-c6ccccc6)c5)c43)n2-c2ccccc2)cc1. The Hall–Kier alpha value is -8.08. The van der Waals surface area contributed by atoms with Crippen molar-refractivity contribution in [3.05, 3.63) is 231 Å². The average Bonchev–Trinajstić information content (AvgIpc) is 3.99. The first-order valence-corrected chi connectivity index (χ1v) is 20.5. The summed E-state index contributed by atoms with van der Waals surface area (Å²) < 4.78 is 7.25. The van der Waals surface area contributed by atoms with Crippen LogP contribution in [0.4, 0.5) is 17.1 Å². The second-order valence-corrected chi connectivity index (χ2v) is 15.4. The molecule has 0 N–H and O–H groups in total. The first-order chi connectivity index (χ1) is 29.8. The van der Waals surface area contributed by atoms with Gasteiger partial charge in [-0.05, 0) is 103 Å². The maximum Gasteiger partial charge on any atom is 0.0635 e. The summed E-state index contributed by atoms with van der Waals surface area (Å²) >= 11 is 0. The van der Waals surface area contributed by atoms with Crippen molar-refractivity contribution in [2.75, 3.05) is 4.90 Å². The van der Waals surface area contributed by atoms with Gasteiger partial charge in [0.15, 0.2) is 0 Å². The lowest BCUT2D eigenvalue weighted by Crippen LogP contribution is -2.10. The Balaban J connectivity index is 1.10. The summed E-state index contributed by atoms with van der Waals surface area (Å²) in [5.74, 6) is 0. The molecule has 0 bridgehead atoms. The highest BCUT2D eigenvalue weighted by molar-refractivity contribution is 6.19. The van der Waals surface area contributed by atoms with Crippen LogP contribution in [0.3, 0.4) is 0 Å². The average molecular weight is 767 g/mol. The Morgan fingerprint density at radius 1 is 0.267 bits per heavy atom. The summed E-state index contributed by atoms with van der Waals surface area (Å²) in [4.78, 5) is 2.39. The Bertz CT molecular complexity index is 3520. The highest BCUT2D eigenvalue weighted by atomic mass is 15.1. The lowest BCUT2D eigenvalue weighted by molar-refractivity contribution is 1.13. The fraction of sp³-hybridized carbons (Fsp3) is 0. The number of fused-ring (bicyclic) bond motifs is 8. The molecule has 0 fully saturated rings. The quantitative estimate of drug-likeness (QED) is 0.158. The molecule has 3 aromatic heterocycles. The third-order valence-corrected chi connectivity index (χ3v) is 12.0. The van der Waals surface area contributed by atoms with Gasteiger partial charge in [0.1, 0.15) is 0 Å². The van der Waals surface area contributed by atoms with Crippen molar-refractivity contribution in [3.8, 4) is 28.3 Å². The highest BCUT2D eigenvalue weighted by Gasteiger charge is 2.22. The van der Waals surface area contributed by atoms with E-state index in [4.69, 9.17) is 0 Å². The van der Waals surface area contributed by atoms with E-state index in [9.17, 15) is 0 Å². The lowest BCUT2D eigenvalue weighted by atomic mass is 10.1. The first kappa shape index (κ1) is 34.0. The Morgan fingerprint density at radius 3 is 1.48 bits per heavy atom. The van der Waals surface area contributed by atoms with E-state index in [1.54, 1.807) is 0 Å². The minimum absolute atomic E-state index is 1.08. The van der Waals surface area contributed by atoms with Crippen LogP contribution in [0.15, 0.2) is 231 Å². The number of hydrogen-bond acceptors (Lipinski definition) is 1. The van der Waals surface area contributed by atoms with Gasteiger partial charge in [0.2, 0.25) is 0 Å². The maximum absolute atomic E-state index is 2.47. The van der Waals surface area contributed by atoms with Crippen molar-refractivity contribution in [2.24, 2.45) is 0 Å². The van der Waals surface area contributed by atoms with Gasteiger partial charge < -0.3 is 18.6 Å². The molecule has 0 aliphatic heterocycles. The molecular weight excluding hydrogens is 729 g/mol. The third kappa shape index (κ3) is 5.32. The van der Waals surface area contributed by atoms with Gasteiger partial charge in [-0.2, -0.15) is 0 Å². The standard InChI is InChI=1S/C56H38N4/c1-5-18-39(19-6-1)55-38-50-54(59(55)42-24-11-4-12-25-42)35-33-48-46-28-13-16-31-52(46)60(56(48)50)44-27-17-26-43(36-44)57(40-20-7-2-8-21-40)45-32-34-53-49(37-45)47-29-14-15-30-51(47)58(53)41-22-9-3-10-23-41/h1-38H. The topological polar surface area (TPSA) is 18.0 Å². The van der Waals surface area contributed by atoms with Gasteiger partial charge in [-0.3, -0.25) is 0 Å². The zero-order valence-corrected chi connectivity index (χ0v) is 32.7. The summed E-state index contributed by atoms with van der Waals surface area (Å²) in [7, 11) is 0. The van der Waals surface area contributed by atoms with Gasteiger partial charge in [-0.15, -0.1) is 0 Å². The Morgan fingerprint density at radius 2 is 0.767 bits per heavy atom. The molecule has 0 amide bonds. The van der Waals surface area contributed by atoms with Crippen LogP contribution in [0.1, 0.15) is 0 Å². The number of anilines is 3. The number of para-hydroxylation sites is 5. The van der Waals surface area contributed by atoms with E-state index in [1.165, 1.54) is 60.1 Å². The van der Waals surface area contributed by atoms with E-state index in [1.807, 2.05) is 0 Å². The van der Waals surface area contributed by atoms with Crippen LogP contribution in [0.2, 0.25) is 0 Å². The molecule has 0 aliphatic carbocycles. The summed E-state index contributed by atoms with van der Waals surface area (Å²) in [6.07, 6.45) is 0. The monoisotopic (exact) mass is 766 g/mol. The van der Waals surface area contributed by atoms with Gasteiger partial charge in [0.05, 0.1) is 33.3 Å². The predicted molar refractivity (Wildman–Crippen MR) is 252 cm³/mol. The van der Waals surface area contributed by atoms with Crippen molar-refractivity contribution in [3.63, 3.8) is 0 Å². The molecule has 0 saturated carbocycles. The molecular formula is C56H38N4. The summed E-state index contributed by atoms with van der Waals surface area (Å²) in [5, 5.41) is 6.11. The molecule has 0 spiro atoms. The van der Waals surface area contributed by atoms with E-state index >= 15 is 0 Å². The molecule has 9 aromatic carbocycles. The van der Waals surface area contributed by atoms with Crippen molar-refractivity contribution in [1.29, 1.82) is 0 Å². The molecule has 4 heteroatoms. The summed E-state index contributed by atoms with van der Waals surface area (Å²) in [5.41, 5.74) is 14.9. The maximum atomic E-state index is 2.47. The normalized spacial score (nSPS) is 11.7. The third-order valence-electron chi connectivity index (χ3n) is 12.0. The smallest absolute Gasteiger partial charge is 0.0635 e. The molecule has 0 atom stereocenters. The fourth-order valence-corrected chi connectivity index (χ4v) is 9.44. The molecule has 0 aliphatic rings. The van der Waals surface area contributed by atoms with E-state index in [2.05, 4.69) is 249 Å². The van der Waals surface area contributed by atoms with E-state index in [0.717, 1.165) is 39.8 Å². The van der Waals surface area contributed by atoms with Gasteiger partial charge in [-0.1, -0.05) is 133 Å². The molecule has 0 unspecified atom stereocenters. The highest BCUT2D eigenvalue weighted by Crippen LogP contribution is 2.43. The van der Waals surface area contributed by atoms with Crippen LogP contribution >= 0.6 is 0 Å². The van der Waals surface area contributed by atoms with Crippen molar-refractivity contribution in [2.45, 2.75) is 0 Å². The van der Waals surface area contributed by atoms with Crippen molar-refractivity contribution < 1.29 is 0 Å². The molecule has 60 heavy (non-hydrogen) atoms. The Labute approximate surface area is 347 Å². The zero-order valence-electron chi connectivity index (χ0n) is 32.7. The molecule has 0 saturated heterocycles. The molecule has 12 aromatic rings. The molecule has 0 radical (unpaired) electrons. The number of rotatable bonds is 7. The number of hydrogen-bond donors (Lipinski definition) is 0. The van der Waals surface area contributed by atoms with Gasteiger partial charge >= 0.3 is 0 Å². The minimum Gasteiger partial charge on any atom is -0.310 e. The van der Waals surface area contributed by atoms with E-state index < -0.39 is 0 Å². The lowest BCUT2D eigenvalue weighted by Gasteiger charge is -2.26. The van der Waals surface area contributed by atoms with Crippen LogP contribution in [-0.4, -0.2) is 13.7 Å². The van der Waals surface area contributed by atoms with Crippen LogP contribution in [-0.2, 0) is 0 Å².